The summed E-state index contributed by atoms with van der Waals surface area (Å²) >= 11 is 5.72. The number of halogens is 1. The van der Waals surface area contributed by atoms with E-state index >= 15 is 0 Å². The zero-order valence-electron chi connectivity index (χ0n) is 8.70. The van der Waals surface area contributed by atoms with Gasteiger partial charge >= 0.3 is 5.97 Å². The van der Waals surface area contributed by atoms with Crippen LogP contribution in [0.3, 0.4) is 0 Å². The van der Waals surface area contributed by atoms with E-state index in [9.17, 15) is 4.79 Å². The number of hydrogen-bond donors (Lipinski definition) is 0. The average molecular weight is 229 g/mol. The van der Waals surface area contributed by atoms with Gasteiger partial charge < -0.3 is 0 Å². The first-order valence-electron chi connectivity index (χ1n) is 4.69. The molecule has 0 heterocycles. The molecule has 4 heteroatoms. The van der Waals surface area contributed by atoms with Crippen LogP contribution < -0.4 is 0 Å². The topological polar surface area (TPSA) is 35.5 Å². The quantitative estimate of drug-likeness (QED) is 0.587. The molecule has 0 aliphatic rings. The molecular weight excluding hydrogens is 216 g/mol. The number of benzene rings is 1. The van der Waals surface area contributed by atoms with Crippen LogP contribution in [-0.4, -0.2) is 12.6 Å². The Morgan fingerprint density at radius 2 is 2.20 bits per heavy atom. The van der Waals surface area contributed by atoms with E-state index in [2.05, 4.69) is 4.89 Å². The van der Waals surface area contributed by atoms with E-state index in [4.69, 9.17) is 16.5 Å². The van der Waals surface area contributed by atoms with Crippen molar-refractivity contribution < 1.29 is 14.6 Å². The Kier molecular flexibility index (Phi) is 4.59. The molecule has 0 saturated heterocycles. The highest BCUT2D eigenvalue weighted by atomic mass is 35.5. The molecular formula is C11H13ClO3. The van der Waals surface area contributed by atoms with E-state index in [1.165, 1.54) is 6.07 Å². The van der Waals surface area contributed by atoms with Crippen molar-refractivity contribution in [1.82, 2.24) is 0 Å². The summed E-state index contributed by atoms with van der Waals surface area (Å²) in [5, 5.41) is 0.494. The van der Waals surface area contributed by atoms with Crippen LogP contribution in [0.15, 0.2) is 24.3 Å². The van der Waals surface area contributed by atoms with Gasteiger partial charge in [0, 0.05) is 5.02 Å². The average Bonchev–Trinajstić information content (AvgIpc) is 2.17. The van der Waals surface area contributed by atoms with E-state index < -0.39 is 5.97 Å². The predicted molar refractivity (Wildman–Crippen MR) is 57.7 cm³/mol. The zero-order valence-corrected chi connectivity index (χ0v) is 9.45. The number of hydrogen-bond acceptors (Lipinski definition) is 3. The van der Waals surface area contributed by atoms with E-state index in [0.717, 1.165) is 0 Å². The molecule has 0 aliphatic carbocycles. The normalized spacial score (nSPS) is 10.4. The molecule has 0 N–H and O–H groups in total. The second-order valence-corrected chi connectivity index (χ2v) is 4.00. The molecule has 0 aliphatic heterocycles. The summed E-state index contributed by atoms with van der Waals surface area (Å²) in [6.45, 7) is 4.31. The van der Waals surface area contributed by atoms with Crippen molar-refractivity contribution in [3.63, 3.8) is 0 Å². The third kappa shape index (κ3) is 4.32. The van der Waals surface area contributed by atoms with Crippen LogP contribution >= 0.6 is 11.6 Å². The summed E-state index contributed by atoms with van der Waals surface area (Å²) in [6.07, 6.45) is 0. The van der Waals surface area contributed by atoms with Gasteiger partial charge in [0.25, 0.3) is 0 Å². The summed E-state index contributed by atoms with van der Waals surface area (Å²) in [7, 11) is 0. The first-order chi connectivity index (χ1) is 7.09. The van der Waals surface area contributed by atoms with Gasteiger partial charge in [0.05, 0.1) is 12.2 Å². The molecule has 0 amide bonds. The van der Waals surface area contributed by atoms with Gasteiger partial charge in [-0.1, -0.05) is 31.5 Å². The lowest BCUT2D eigenvalue weighted by atomic mass is 10.2. The van der Waals surface area contributed by atoms with Crippen molar-refractivity contribution in [2.45, 2.75) is 13.8 Å². The highest BCUT2D eigenvalue weighted by Crippen LogP contribution is 2.11. The van der Waals surface area contributed by atoms with Gasteiger partial charge in [0.15, 0.2) is 0 Å². The minimum Gasteiger partial charge on any atom is -0.293 e. The molecule has 1 aromatic rings. The predicted octanol–water partition coefficient (Wildman–Crippen LogP) is 3.08. The maximum absolute atomic E-state index is 11.4. The summed E-state index contributed by atoms with van der Waals surface area (Å²) in [4.78, 5) is 20.7. The fourth-order valence-electron chi connectivity index (χ4n) is 0.887. The molecule has 0 aromatic heterocycles. The van der Waals surface area contributed by atoms with Gasteiger partial charge in [-0.2, -0.15) is 4.89 Å². The molecule has 3 nitrogen and oxygen atoms in total. The highest BCUT2D eigenvalue weighted by Gasteiger charge is 2.08. The fourth-order valence-corrected chi connectivity index (χ4v) is 1.08. The van der Waals surface area contributed by atoms with Gasteiger partial charge in [-0.3, -0.25) is 4.89 Å². The minimum atomic E-state index is -0.529. The van der Waals surface area contributed by atoms with Gasteiger partial charge in [0.1, 0.15) is 0 Å². The van der Waals surface area contributed by atoms with E-state index in [-0.39, 0.29) is 0 Å². The van der Waals surface area contributed by atoms with Crippen LogP contribution in [0.2, 0.25) is 5.02 Å². The van der Waals surface area contributed by atoms with Crippen molar-refractivity contribution in [1.29, 1.82) is 0 Å². The second kappa shape index (κ2) is 5.73. The Balaban J connectivity index is 2.47. The molecule has 1 aromatic carbocycles. The first-order valence-corrected chi connectivity index (χ1v) is 5.06. The van der Waals surface area contributed by atoms with Crippen LogP contribution in [-0.2, 0) is 9.78 Å². The third-order valence-electron chi connectivity index (χ3n) is 1.60. The van der Waals surface area contributed by atoms with Gasteiger partial charge in [-0.25, -0.2) is 4.79 Å². The van der Waals surface area contributed by atoms with Crippen LogP contribution in [0.5, 0.6) is 0 Å². The lowest BCUT2D eigenvalue weighted by Crippen LogP contribution is -2.09. The molecule has 0 fully saturated rings. The largest absolute Gasteiger partial charge is 0.373 e. The van der Waals surface area contributed by atoms with Gasteiger partial charge in [-0.15, -0.1) is 0 Å². The Morgan fingerprint density at radius 3 is 2.80 bits per heavy atom. The maximum Gasteiger partial charge on any atom is 0.373 e. The standard InChI is InChI=1S/C11H13ClO3/c1-8(2)7-14-15-11(13)9-4-3-5-10(12)6-9/h3-6,8H,7H2,1-2H3. The number of carbonyl (C=O) groups is 1. The molecule has 0 unspecified atom stereocenters. The summed E-state index contributed by atoms with van der Waals surface area (Å²) in [5.41, 5.74) is 0.381. The summed E-state index contributed by atoms with van der Waals surface area (Å²) in [6, 6.07) is 6.52. The van der Waals surface area contributed by atoms with Crippen molar-refractivity contribution in [2.24, 2.45) is 5.92 Å². The SMILES string of the molecule is CC(C)COOC(=O)c1cccc(Cl)c1. The van der Waals surface area contributed by atoms with E-state index in [1.54, 1.807) is 18.2 Å². The van der Waals surface area contributed by atoms with Crippen molar-refractivity contribution in [3.8, 4) is 0 Å². The molecule has 0 spiro atoms. The van der Waals surface area contributed by atoms with Crippen molar-refractivity contribution in [2.75, 3.05) is 6.61 Å². The Bertz CT molecular complexity index is 336. The summed E-state index contributed by atoms with van der Waals surface area (Å²) in [5.74, 6) is -0.213. The van der Waals surface area contributed by atoms with Crippen LogP contribution in [0, 0.1) is 5.92 Å². The molecule has 0 radical (unpaired) electrons. The fraction of sp³-hybridized carbons (Fsp3) is 0.364. The van der Waals surface area contributed by atoms with E-state index in [1.807, 2.05) is 13.8 Å². The van der Waals surface area contributed by atoms with Gasteiger partial charge in [0.2, 0.25) is 0 Å². The monoisotopic (exact) mass is 228 g/mol. The molecule has 0 atom stereocenters. The lowest BCUT2D eigenvalue weighted by molar-refractivity contribution is -0.246. The Labute approximate surface area is 93.9 Å². The van der Waals surface area contributed by atoms with Crippen LogP contribution in [0.1, 0.15) is 24.2 Å². The first kappa shape index (κ1) is 12.0. The molecule has 82 valence electrons. The Hall–Kier alpha value is -1.06. The zero-order chi connectivity index (χ0) is 11.3. The van der Waals surface area contributed by atoms with Crippen LogP contribution in [0.4, 0.5) is 0 Å². The van der Waals surface area contributed by atoms with Gasteiger partial charge in [-0.05, 0) is 24.1 Å². The Morgan fingerprint density at radius 1 is 1.47 bits per heavy atom. The number of rotatable bonds is 4. The second-order valence-electron chi connectivity index (χ2n) is 3.56. The molecule has 0 bridgehead atoms. The minimum absolute atomic E-state index is 0.317. The summed E-state index contributed by atoms with van der Waals surface area (Å²) < 4.78 is 0. The molecule has 15 heavy (non-hydrogen) atoms. The molecule has 0 saturated carbocycles. The molecule has 1 rings (SSSR count). The van der Waals surface area contributed by atoms with Crippen LogP contribution in [0.25, 0.3) is 0 Å². The van der Waals surface area contributed by atoms with E-state index in [0.29, 0.717) is 23.1 Å². The van der Waals surface area contributed by atoms with Crippen molar-refractivity contribution >= 4 is 17.6 Å². The van der Waals surface area contributed by atoms with Crippen molar-refractivity contribution in [3.05, 3.63) is 34.9 Å². The number of carbonyl (C=O) groups excluding carboxylic acids is 1. The maximum atomic E-state index is 11.4. The smallest absolute Gasteiger partial charge is 0.293 e. The third-order valence-corrected chi connectivity index (χ3v) is 1.83. The highest BCUT2D eigenvalue weighted by molar-refractivity contribution is 6.30. The lowest BCUT2D eigenvalue weighted by Gasteiger charge is -2.05.